The third kappa shape index (κ3) is 6.00. The fourth-order valence-corrected chi connectivity index (χ4v) is 3.05. The Balaban J connectivity index is 0.00000114. The molecule has 1 N–H and O–H groups in total. The van der Waals surface area contributed by atoms with Crippen molar-refractivity contribution in [1.29, 1.82) is 0 Å². The Morgan fingerprint density at radius 2 is 1.97 bits per heavy atom. The molecule has 0 aliphatic heterocycles. The number of benzene rings is 1. The minimum atomic E-state index is -0.165. The molecule has 0 saturated heterocycles. The molecule has 0 spiro atoms. The molecule has 0 aliphatic carbocycles. The van der Waals surface area contributed by atoms with E-state index in [1.54, 1.807) is 48.0 Å². The van der Waals surface area contributed by atoms with E-state index in [4.69, 9.17) is 9.47 Å². The number of hydrogen-bond donors (Lipinski definition) is 1. The lowest BCUT2D eigenvalue weighted by Crippen LogP contribution is -2.24. The summed E-state index contributed by atoms with van der Waals surface area (Å²) in [5, 5.41) is 3.27. The number of nitrogens with zero attached hydrogens (tertiary/aromatic N) is 4. The zero-order valence-electron chi connectivity index (χ0n) is 19.5. The third-order valence-electron chi connectivity index (χ3n) is 4.79. The van der Waals surface area contributed by atoms with E-state index in [0.29, 0.717) is 30.2 Å². The number of fused-ring (bicyclic) bond motifs is 1. The highest BCUT2D eigenvalue weighted by Crippen LogP contribution is 2.21. The Hall–Kier alpha value is -3.55. The first-order valence-electron chi connectivity index (χ1n) is 10.6. The molecule has 0 aliphatic rings. The van der Waals surface area contributed by atoms with Gasteiger partial charge in [0.2, 0.25) is 5.95 Å². The number of methoxy groups -OCH3 is 2. The topological polar surface area (TPSA) is 83.2 Å². The van der Waals surface area contributed by atoms with Crippen molar-refractivity contribution < 1.29 is 9.47 Å². The van der Waals surface area contributed by atoms with Gasteiger partial charge in [0.15, 0.2) is 5.65 Å². The molecule has 0 amide bonds. The minimum Gasteiger partial charge on any atom is -0.505 e. The molecule has 2 heterocycles. The lowest BCUT2D eigenvalue weighted by Gasteiger charge is -2.11. The molecular formula is C24H33N5O3. The van der Waals surface area contributed by atoms with Crippen molar-refractivity contribution in [2.45, 2.75) is 46.3 Å². The second-order valence-electron chi connectivity index (χ2n) is 7.16. The molecule has 3 aromatic rings. The molecule has 0 saturated carbocycles. The summed E-state index contributed by atoms with van der Waals surface area (Å²) in [6.45, 7) is 10.1. The maximum absolute atomic E-state index is 13.2. The second kappa shape index (κ2) is 12.3. The summed E-state index contributed by atoms with van der Waals surface area (Å²) in [6, 6.07) is 7.88. The molecule has 1 atom stereocenters. The first kappa shape index (κ1) is 24.7. The zero-order chi connectivity index (χ0) is 23.5. The van der Waals surface area contributed by atoms with Gasteiger partial charge in [0.25, 0.3) is 0 Å². The Kier molecular flexibility index (Phi) is 9.53. The first-order chi connectivity index (χ1) is 15.5. The highest BCUT2D eigenvalue weighted by Gasteiger charge is 2.17. The van der Waals surface area contributed by atoms with Crippen molar-refractivity contribution in [3.05, 3.63) is 71.5 Å². The van der Waals surface area contributed by atoms with Crippen molar-refractivity contribution in [3.63, 3.8) is 0 Å². The van der Waals surface area contributed by atoms with Crippen LogP contribution < -0.4 is 15.7 Å². The zero-order valence-corrected chi connectivity index (χ0v) is 19.5. The summed E-state index contributed by atoms with van der Waals surface area (Å²) in [5.41, 5.74) is 1.99. The predicted octanol–water partition coefficient (Wildman–Crippen LogP) is 4.21. The molecular weight excluding hydrogens is 406 g/mol. The van der Waals surface area contributed by atoms with Crippen LogP contribution in [-0.2, 0) is 17.8 Å². The van der Waals surface area contributed by atoms with Crippen LogP contribution in [0.25, 0.3) is 11.2 Å². The van der Waals surface area contributed by atoms with E-state index in [0.717, 1.165) is 17.7 Å². The molecule has 2 aromatic heterocycles. The van der Waals surface area contributed by atoms with Crippen molar-refractivity contribution in [2.75, 3.05) is 19.5 Å². The molecule has 3 rings (SSSR count). The van der Waals surface area contributed by atoms with E-state index < -0.39 is 0 Å². The molecule has 0 radical (unpaired) electrons. The van der Waals surface area contributed by atoms with E-state index in [9.17, 15) is 4.79 Å². The number of ether oxygens (including phenoxy) is 2. The van der Waals surface area contributed by atoms with Gasteiger partial charge < -0.3 is 14.8 Å². The minimum absolute atomic E-state index is 0.165. The maximum atomic E-state index is 13.2. The van der Waals surface area contributed by atoms with Gasteiger partial charge in [-0.25, -0.2) is 9.78 Å². The standard InChI is InChI=1S/C21H27N5O3.C3H6/c1-5-15(2)23-20-22-13-17-19(24-20)25(11-8-12-28-3)21(27)26(17)14-16-9-6-7-10-18(16)29-4;1-3-2/h6-10,12-13,15H,5,11,14H2,1-4H3,(H,22,23,24);3H,1H2,2H3/b12-8+;. The fraction of sp³-hybridized carbons (Fsp3) is 0.375. The quantitative estimate of drug-likeness (QED) is 0.397. The Morgan fingerprint density at radius 1 is 1.25 bits per heavy atom. The summed E-state index contributed by atoms with van der Waals surface area (Å²) in [7, 11) is 3.19. The number of para-hydroxylation sites is 1. The van der Waals surface area contributed by atoms with Crippen LogP contribution in [0.4, 0.5) is 5.95 Å². The van der Waals surface area contributed by atoms with Gasteiger partial charge in [-0.1, -0.05) is 31.2 Å². The van der Waals surface area contributed by atoms with E-state index in [1.165, 1.54) is 0 Å². The Bertz CT molecular complexity index is 1100. The highest BCUT2D eigenvalue weighted by atomic mass is 16.5. The van der Waals surface area contributed by atoms with Crippen LogP contribution in [-0.4, -0.2) is 39.4 Å². The van der Waals surface area contributed by atoms with Crippen molar-refractivity contribution in [2.24, 2.45) is 0 Å². The lowest BCUT2D eigenvalue weighted by molar-refractivity contribution is 0.336. The van der Waals surface area contributed by atoms with Gasteiger partial charge >= 0.3 is 5.69 Å². The molecule has 1 aromatic carbocycles. The third-order valence-corrected chi connectivity index (χ3v) is 4.79. The smallest absolute Gasteiger partial charge is 0.330 e. The summed E-state index contributed by atoms with van der Waals surface area (Å²) >= 11 is 0. The number of imidazole rings is 1. The number of aromatic nitrogens is 4. The summed E-state index contributed by atoms with van der Waals surface area (Å²) < 4.78 is 13.7. The molecule has 1 unspecified atom stereocenters. The summed E-state index contributed by atoms with van der Waals surface area (Å²) in [5.74, 6) is 1.24. The van der Waals surface area contributed by atoms with E-state index in [-0.39, 0.29) is 11.7 Å². The SMILES string of the molecule is C=CC.CCC(C)Nc1ncc2c(n1)n(C/C=C/OC)c(=O)n2Cc1ccccc1OC. The molecule has 172 valence electrons. The van der Waals surface area contributed by atoms with E-state index >= 15 is 0 Å². The van der Waals surface area contributed by atoms with Gasteiger partial charge in [0, 0.05) is 11.6 Å². The molecule has 0 fully saturated rings. The Morgan fingerprint density at radius 3 is 2.62 bits per heavy atom. The van der Waals surface area contributed by atoms with Crippen LogP contribution in [0.1, 0.15) is 32.8 Å². The number of hydrogen-bond acceptors (Lipinski definition) is 6. The second-order valence-corrected chi connectivity index (χ2v) is 7.16. The van der Waals surface area contributed by atoms with Gasteiger partial charge in [-0.05, 0) is 32.4 Å². The number of allylic oxidation sites excluding steroid dienone is 2. The van der Waals surface area contributed by atoms with Crippen molar-refractivity contribution in [3.8, 4) is 5.75 Å². The van der Waals surface area contributed by atoms with Gasteiger partial charge in [-0.3, -0.25) is 9.13 Å². The van der Waals surface area contributed by atoms with Gasteiger partial charge in [-0.2, -0.15) is 4.98 Å². The van der Waals surface area contributed by atoms with Crippen LogP contribution in [0, 0.1) is 0 Å². The van der Waals surface area contributed by atoms with E-state index in [1.807, 2.05) is 31.2 Å². The monoisotopic (exact) mass is 439 g/mol. The number of rotatable bonds is 9. The van der Waals surface area contributed by atoms with Gasteiger partial charge in [0.1, 0.15) is 11.3 Å². The van der Waals surface area contributed by atoms with Crippen LogP contribution in [0.5, 0.6) is 5.75 Å². The van der Waals surface area contributed by atoms with Gasteiger partial charge in [-0.15, -0.1) is 6.58 Å². The first-order valence-corrected chi connectivity index (χ1v) is 10.6. The van der Waals surface area contributed by atoms with E-state index in [2.05, 4.69) is 35.7 Å². The molecule has 32 heavy (non-hydrogen) atoms. The average molecular weight is 440 g/mol. The lowest BCUT2D eigenvalue weighted by atomic mass is 10.2. The average Bonchev–Trinajstić information content (AvgIpc) is 3.05. The largest absolute Gasteiger partial charge is 0.505 e. The van der Waals surface area contributed by atoms with Gasteiger partial charge in [0.05, 0.1) is 39.8 Å². The van der Waals surface area contributed by atoms with Crippen molar-refractivity contribution >= 4 is 17.1 Å². The molecule has 8 nitrogen and oxygen atoms in total. The predicted molar refractivity (Wildman–Crippen MR) is 129 cm³/mol. The summed E-state index contributed by atoms with van der Waals surface area (Å²) in [4.78, 5) is 22.2. The normalized spacial score (nSPS) is 11.7. The number of nitrogens with one attached hydrogen (secondary N) is 1. The van der Waals surface area contributed by atoms with Crippen LogP contribution in [0.2, 0.25) is 0 Å². The fourth-order valence-electron chi connectivity index (χ4n) is 3.05. The Labute approximate surface area is 189 Å². The van der Waals surface area contributed by atoms with Crippen LogP contribution in [0.15, 0.2) is 60.2 Å². The highest BCUT2D eigenvalue weighted by molar-refractivity contribution is 5.72. The van der Waals surface area contributed by atoms with Crippen LogP contribution in [0.3, 0.4) is 0 Å². The maximum Gasteiger partial charge on any atom is 0.330 e. The van der Waals surface area contributed by atoms with Crippen molar-refractivity contribution in [1.82, 2.24) is 19.1 Å². The molecule has 8 heteroatoms. The van der Waals surface area contributed by atoms with Crippen LogP contribution >= 0.6 is 0 Å². The number of anilines is 1. The summed E-state index contributed by atoms with van der Waals surface area (Å²) in [6.07, 6.45) is 7.72. The molecule has 0 bridgehead atoms.